The highest BCUT2D eigenvalue weighted by atomic mass is 79.9. The van der Waals surface area contributed by atoms with Gasteiger partial charge in [0, 0.05) is 11.5 Å². The minimum Gasteiger partial charge on any atom is -0.374 e. The van der Waals surface area contributed by atoms with Crippen LogP contribution in [0, 0.1) is 18.8 Å². The van der Waals surface area contributed by atoms with E-state index in [4.69, 9.17) is 0 Å². The van der Waals surface area contributed by atoms with Gasteiger partial charge >= 0.3 is 0 Å². The number of hydrogen-bond acceptors (Lipinski definition) is 6. The number of sulfonamides is 1. The van der Waals surface area contributed by atoms with Gasteiger partial charge in [-0.1, -0.05) is 33.6 Å². The number of amides is 3. The molecule has 3 aliphatic heterocycles. The molecule has 0 radical (unpaired) electrons. The summed E-state index contributed by atoms with van der Waals surface area (Å²) >= 11 is 3.09. The first-order chi connectivity index (χ1) is 12.5. The number of hydrogen-bond donors (Lipinski definition) is 1. The van der Waals surface area contributed by atoms with E-state index in [2.05, 4.69) is 15.9 Å². The van der Waals surface area contributed by atoms with Gasteiger partial charge in [-0.15, -0.1) is 0 Å². The molecule has 2 fully saturated rings. The normalized spacial score (nSPS) is 32.8. The van der Waals surface area contributed by atoms with Crippen LogP contribution in [0.1, 0.15) is 5.56 Å². The molecule has 10 heteroatoms. The molecule has 3 amide bonds. The molecule has 1 aromatic rings. The Labute approximate surface area is 163 Å². The summed E-state index contributed by atoms with van der Waals surface area (Å²) in [5.41, 5.74) is -1.60. The van der Waals surface area contributed by atoms with Crippen LogP contribution in [-0.2, 0) is 24.4 Å². The van der Waals surface area contributed by atoms with Gasteiger partial charge in [0.05, 0.1) is 22.8 Å². The number of halogens is 1. The van der Waals surface area contributed by atoms with Gasteiger partial charge in [-0.05, 0) is 25.1 Å². The van der Waals surface area contributed by atoms with Crippen molar-refractivity contribution in [3.63, 3.8) is 0 Å². The quantitative estimate of drug-likeness (QED) is 0.636. The van der Waals surface area contributed by atoms with Crippen LogP contribution in [0.2, 0.25) is 0 Å². The van der Waals surface area contributed by atoms with Crippen molar-refractivity contribution in [3.05, 3.63) is 40.4 Å². The highest BCUT2D eigenvalue weighted by molar-refractivity contribution is 9.11. The maximum absolute atomic E-state index is 13.1. The monoisotopic (exact) mass is 454 g/mol. The Bertz CT molecular complexity index is 1030. The highest BCUT2D eigenvalue weighted by Gasteiger charge is 2.72. The number of imide groups is 1. The van der Waals surface area contributed by atoms with Gasteiger partial charge < -0.3 is 5.11 Å². The smallest absolute Gasteiger partial charge is 0.274 e. The molecule has 0 unspecified atom stereocenters. The molecule has 2 saturated heterocycles. The lowest BCUT2D eigenvalue weighted by molar-refractivity contribution is -0.165. The summed E-state index contributed by atoms with van der Waals surface area (Å²) < 4.78 is 26.8. The van der Waals surface area contributed by atoms with Crippen molar-refractivity contribution in [2.75, 3.05) is 7.05 Å². The maximum atomic E-state index is 13.1. The first-order valence-electron chi connectivity index (χ1n) is 8.10. The van der Waals surface area contributed by atoms with E-state index in [9.17, 15) is 27.9 Å². The first kappa shape index (κ1) is 18.3. The zero-order valence-electron chi connectivity index (χ0n) is 14.3. The Hall–Kier alpha value is -2.04. The Morgan fingerprint density at radius 1 is 1.11 bits per heavy atom. The summed E-state index contributed by atoms with van der Waals surface area (Å²) in [6, 6.07) is 4.68. The maximum Gasteiger partial charge on any atom is 0.274 e. The van der Waals surface area contributed by atoms with Crippen molar-refractivity contribution >= 4 is 43.7 Å². The number of fused-ring (bicyclic) bond motifs is 1. The van der Waals surface area contributed by atoms with Crippen molar-refractivity contribution in [3.8, 4) is 0 Å². The fourth-order valence-corrected chi connectivity index (χ4v) is 6.26. The van der Waals surface area contributed by atoms with E-state index in [1.165, 1.54) is 25.3 Å². The summed E-state index contributed by atoms with van der Waals surface area (Å²) in [6.45, 7) is 1.79. The number of rotatable bonds is 2. The molecule has 5 rings (SSSR count). The molecule has 0 spiro atoms. The largest absolute Gasteiger partial charge is 0.374 e. The molecular formula is C17H15BrN2O6S. The van der Waals surface area contributed by atoms with E-state index in [-0.39, 0.29) is 9.38 Å². The van der Waals surface area contributed by atoms with Crippen LogP contribution < -0.4 is 0 Å². The molecule has 4 atom stereocenters. The molecule has 3 heterocycles. The highest BCUT2D eigenvalue weighted by Crippen LogP contribution is 2.53. The van der Waals surface area contributed by atoms with Gasteiger partial charge in [0.25, 0.3) is 15.9 Å². The van der Waals surface area contributed by atoms with Crippen molar-refractivity contribution in [2.45, 2.75) is 23.5 Å². The lowest BCUT2D eigenvalue weighted by Crippen LogP contribution is -2.70. The fraction of sp³-hybridized carbons (Fsp3) is 0.353. The summed E-state index contributed by atoms with van der Waals surface area (Å²) in [7, 11) is -3.09. The SMILES string of the molecule is Cc1ccc(S(=O)(=O)N2C(=O)[C@@]3(O)C(Br)=C[C@@H]2[C@@H]2C(=O)N(C)C(=O)[C@@H]23)cc1. The predicted octanol–water partition coefficient (Wildman–Crippen LogP) is 0.149. The minimum atomic E-state index is -4.34. The molecule has 142 valence electrons. The van der Waals surface area contributed by atoms with E-state index < -0.39 is 51.2 Å². The summed E-state index contributed by atoms with van der Waals surface area (Å²) in [6.07, 6.45) is 1.32. The lowest BCUT2D eigenvalue weighted by Gasteiger charge is -2.50. The Kier molecular flexibility index (Phi) is 3.73. The van der Waals surface area contributed by atoms with Gasteiger partial charge in [0.1, 0.15) is 0 Å². The number of nitrogens with zero attached hydrogens (tertiary/aromatic N) is 2. The standard InChI is InChI=1S/C17H15BrN2O6S/c1-8-3-5-9(6-4-8)27(25,26)20-10-7-11(18)17(24,16(20)23)13-12(10)14(21)19(2)15(13)22/h3-7,10,12-13,24H,1-2H3/t10-,12+,13-,17-/m1/s1. The number of benzene rings is 1. The Morgan fingerprint density at radius 3 is 2.30 bits per heavy atom. The zero-order chi connectivity index (χ0) is 19.9. The summed E-state index contributed by atoms with van der Waals surface area (Å²) in [5, 5.41) is 11.1. The molecular weight excluding hydrogens is 440 g/mol. The molecule has 2 bridgehead atoms. The van der Waals surface area contributed by atoms with Gasteiger partial charge in [-0.25, -0.2) is 12.7 Å². The van der Waals surface area contributed by atoms with Gasteiger partial charge in [0.2, 0.25) is 11.8 Å². The first-order valence-corrected chi connectivity index (χ1v) is 10.3. The second-order valence-corrected chi connectivity index (χ2v) is 9.60. The molecule has 8 nitrogen and oxygen atoms in total. The predicted molar refractivity (Wildman–Crippen MR) is 95.7 cm³/mol. The molecule has 0 aromatic heterocycles. The second-order valence-electron chi connectivity index (χ2n) is 6.93. The van der Waals surface area contributed by atoms with Crippen LogP contribution in [0.25, 0.3) is 0 Å². The number of carbonyl (C=O) groups is 3. The second kappa shape index (κ2) is 5.49. The number of likely N-dealkylation sites (tertiary alicyclic amines) is 1. The number of piperidine rings is 1. The van der Waals surface area contributed by atoms with E-state index in [1.807, 2.05) is 0 Å². The molecule has 1 N–H and O–H groups in total. The summed E-state index contributed by atoms with van der Waals surface area (Å²) in [5.74, 6) is -4.98. The van der Waals surface area contributed by atoms with E-state index in [0.717, 1.165) is 10.5 Å². The lowest BCUT2D eigenvalue weighted by atomic mass is 9.68. The van der Waals surface area contributed by atoms with E-state index >= 15 is 0 Å². The van der Waals surface area contributed by atoms with E-state index in [0.29, 0.717) is 4.31 Å². The van der Waals surface area contributed by atoms with Crippen molar-refractivity contribution in [1.29, 1.82) is 0 Å². The Balaban J connectivity index is 1.91. The number of carbonyl (C=O) groups excluding carboxylic acids is 3. The third-order valence-electron chi connectivity index (χ3n) is 5.45. The number of aryl methyl sites for hydroxylation is 1. The van der Waals surface area contributed by atoms with Crippen molar-refractivity contribution < 1.29 is 27.9 Å². The van der Waals surface area contributed by atoms with Gasteiger partial charge in [-0.3, -0.25) is 19.3 Å². The van der Waals surface area contributed by atoms with E-state index in [1.54, 1.807) is 19.1 Å². The van der Waals surface area contributed by atoms with Crippen LogP contribution >= 0.6 is 15.9 Å². The average molecular weight is 455 g/mol. The topological polar surface area (TPSA) is 112 Å². The van der Waals surface area contributed by atoms with Gasteiger partial charge in [-0.2, -0.15) is 0 Å². The zero-order valence-corrected chi connectivity index (χ0v) is 16.7. The van der Waals surface area contributed by atoms with Crippen LogP contribution in [-0.4, -0.2) is 59.1 Å². The van der Waals surface area contributed by atoms with Crippen molar-refractivity contribution in [1.82, 2.24) is 9.21 Å². The Morgan fingerprint density at radius 2 is 1.70 bits per heavy atom. The molecule has 1 aliphatic carbocycles. The van der Waals surface area contributed by atoms with Crippen LogP contribution in [0.3, 0.4) is 0 Å². The van der Waals surface area contributed by atoms with Crippen LogP contribution in [0.15, 0.2) is 39.7 Å². The van der Waals surface area contributed by atoms with Crippen LogP contribution in [0.5, 0.6) is 0 Å². The molecule has 1 aromatic carbocycles. The fourth-order valence-electron chi connectivity index (χ4n) is 3.99. The molecule has 4 aliphatic rings. The molecule has 27 heavy (non-hydrogen) atoms. The van der Waals surface area contributed by atoms with Gasteiger partial charge in [0.15, 0.2) is 5.60 Å². The van der Waals surface area contributed by atoms with Crippen molar-refractivity contribution in [2.24, 2.45) is 11.8 Å². The number of aliphatic hydroxyl groups is 1. The minimum absolute atomic E-state index is 0.00180. The third kappa shape index (κ3) is 2.11. The third-order valence-corrected chi connectivity index (χ3v) is 8.11. The summed E-state index contributed by atoms with van der Waals surface area (Å²) in [4.78, 5) is 38.8. The van der Waals surface area contributed by atoms with Crippen LogP contribution in [0.4, 0.5) is 0 Å². The average Bonchev–Trinajstić information content (AvgIpc) is 2.84. The molecule has 0 saturated carbocycles.